The number of nitrogens with zero attached hydrogens (tertiary/aromatic N) is 1. The van der Waals surface area contributed by atoms with E-state index in [2.05, 4.69) is 48.6 Å². The lowest BCUT2D eigenvalue weighted by Crippen LogP contribution is -2.40. The molecule has 0 aromatic heterocycles. The lowest BCUT2D eigenvalue weighted by atomic mass is 9.91. The number of benzene rings is 2. The third-order valence-corrected chi connectivity index (χ3v) is 6.35. The minimum absolute atomic E-state index is 0.0606. The number of nitrogens with one attached hydrogen (secondary N) is 1. The molecule has 1 aliphatic heterocycles. The fourth-order valence-corrected chi connectivity index (χ4v) is 4.67. The Balaban J connectivity index is 1.55. The smallest absolute Gasteiger partial charge is 0.225 e. The Labute approximate surface area is 173 Å². The molecule has 0 bridgehead atoms. The Hall–Kier alpha value is -2.62. The Morgan fingerprint density at radius 1 is 1.07 bits per heavy atom. The number of carbonyl (C=O) groups is 2. The molecule has 1 N–H and O–H groups in total. The normalized spacial score (nSPS) is 20.4. The molecule has 152 valence electrons. The monoisotopic (exact) mass is 390 g/mol. The first-order valence-electron chi connectivity index (χ1n) is 10.8. The molecule has 2 amide bonds. The summed E-state index contributed by atoms with van der Waals surface area (Å²) in [4.78, 5) is 27.7. The van der Waals surface area contributed by atoms with E-state index >= 15 is 0 Å². The summed E-state index contributed by atoms with van der Waals surface area (Å²) >= 11 is 0. The summed E-state index contributed by atoms with van der Waals surface area (Å²) in [6.07, 6.45) is 4.93. The Kier molecular flexibility index (Phi) is 5.98. The van der Waals surface area contributed by atoms with Crippen molar-refractivity contribution in [2.24, 2.45) is 11.8 Å². The molecule has 29 heavy (non-hydrogen) atoms. The van der Waals surface area contributed by atoms with Gasteiger partial charge in [-0.3, -0.25) is 9.59 Å². The number of rotatable bonds is 4. The van der Waals surface area contributed by atoms with E-state index < -0.39 is 0 Å². The van der Waals surface area contributed by atoms with Gasteiger partial charge in [0.25, 0.3) is 0 Å². The zero-order valence-electron chi connectivity index (χ0n) is 17.2. The van der Waals surface area contributed by atoms with Gasteiger partial charge in [0, 0.05) is 25.6 Å². The van der Waals surface area contributed by atoms with Crippen LogP contribution in [0.5, 0.6) is 0 Å². The van der Waals surface area contributed by atoms with Crippen molar-refractivity contribution >= 4 is 11.8 Å². The summed E-state index contributed by atoms with van der Waals surface area (Å²) < 4.78 is 0. The Bertz CT molecular complexity index is 869. The van der Waals surface area contributed by atoms with Gasteiger partial charge in [0.05, 0.1) is 5.92 Å². The van der Waals surface area contributed by atoms with Gasteiger partial charge in [0.2, 0.25) is 11.8 Å². The van der Waals surface area contributed by atoms with E-state index in [0.29, 0.717) is 26.1 Å². The van der Waals surface area contributed by atoms with Crippen molar-refractivity contribution in [1.29, 1.82) is 0 Å². The molecule has 2 fully saturated rings. The molecule has 0 radical (unpaired) electrons. The van der Waals surface area contributed by atoms with Crippen molar-refractivity contribution in [3.63, 3.8) is 0 Å². The fourth-order valence-electron chi connectivity index (χ4n) is 4.67. The molecule has 0 spiro atoms. The first-order valence-corrected chi connectivity index (χ1v) is 10.8. The second-order valence-electron chi connectivity index (χ2n) is 8.48. The number of carbonyl (C=O) groups excluding carboxylic acids is 2. The van der Waals surface area contributed by atoms with Crippen LogP contribution in [0.4, 0.5) is 0 Å². The van der Waals surface area contributed by atoms with Crippen molar-refractivity contribution in [3.8, 4) is 11.1 Å². The lowest BCUT2D eigenvalue weighted by Gasteiger charge is -2.26. The fraction of sp³-hybridized carbons (Fsp3) is 0.440. The Morgan fingerprint density at radius 2 is 1.79 bits per heavy atom. The molecule has 2 aromatic rings. The average Bonchev–Trinajstić information content (AvgIpc) is 3.21. The molecular weight excluding hydrogens is 360 g/mol. The van der Waals surface area contributed by atoms with Gasteiger partial charge in [-0.1, -0.05) is 66.9 Å². The number of aryl methyl sites for hydroxylation is 1. The van der Waals surface area contributed by atoms with E-state index in [4.69, 9.17) is 0 Å². The van der Waals surface area contributed by atoms with Crippen molar-refractivity contribution in [3.05, 3.63) is 59.7 Å². The van der Waals surface area contributed by atoms with Crippen LogP contribution in [-0.4, -0.2) is 36.3 Å². The molecular formula is C25H30N2O2. The molecule has 4 heteroatoms. The van der Waals surface area contributed by atoms with Crippen LogP contribution < -0.4 is 5.32 Å². The van der Waals surface area contributed by atoms with Crippen LogP contribution >= 0.6 is 0 Å². The number of hydrogen-bond acceptors (Lipinski definition) is 2. The Morgan fingerprint density at radius 3 is 2.55 bits per heavy atom. The van der Waals surface area contributed by atoms with Crippen LogP contribution in [-0.2, 0) is 16.0 Å². The van der Waals surface area contributed by atoms with Crippen LogP contribution in [0.15, 0.2) is 48.5 Å². The van der Waals surface area contributed by atoms with Gasteiger partial charge in [-0.2, -0.15) is 0 Å². The highest BCUT2D eigenvalue weighted by Gasteiger charge is 2.32. The molecule has 1 atom stereocenters. The molecule has 1 aliphatic carbocycles. The maximum absolute atomic E-state index is 13.0. The quantitative estimate of drug-likeness (QED) is 0.859. The highest BCUT2D eigenvalue weighted by molar-refractivity contribution is 5.83. The van der Waals surface area contributed by atoms with Gasteiger partial charge in [0.15, 0.2) is 0 Å². The van der Waals surface area contributed by atoms with Crippen molar-refractivity contribution < 1.29 is 9.59 Å². The SMILES string of the molecule is Cc1ccc(-c2ccccc2CC2CN(C(=O)C3CCCC3)CCNC2=O)cc1. The molecule has 1 saturated carbocycles. The van der Waals surface area contributed by atoms with Crippen molar-refractivity contribution in [1.82, 2.24) is 10.2 Å². The van der Waals surface area contributed by atoms with Gasteiger partial charge < -0.3 is 10.2 Å². The zero-order valence-corrected chi connectivity index (χ0v) is 17.2. The van der Waals surface area contributed by atoms with Crippen LogP contribution in [0.2, 0.25) is 0 Å². The molecule has 2 aliphatic rings. The van der Waals surface area contributed by atoms with E-state index in [1.54, 1.807) is 0 Å². The van der Waals surface area contributed by atoms with Gasteiger partial charge in [-0.25, -0.2) is 0 Å². The van der Waals surface area contributed by atoms with Gasteiger partial charge in [-0.05, 0) is 42.9 Å². The molecule has 2 aromatic carbocycles. The van der Waals surface area contributed by atoms with Gasteiger partial charge in [-0.15, -0.1) is 0 Å². The summed E-state index contributed by atoms with van der Waals surface area (Å²) in [5.41, 5.74) is 4.72. The van der Waals surface area contributed by atoms with Gasteiger partial charge >= 0.3 is 0 Å². The number of hydrogen-bond donors (Lipinski definition) is 1. The number of amides is 2. The standard InChI is InChI=1S/C25H30N2O2/c1-18-10-12-19(13-11-18)23-9-5-4-8-21(23)16-22-17-27(15-14-26-24(22)28)25(29)20-6-2-3-7-20/h4-5,8-13,20,22H,2-3,6-7,14-17H2,1H3,(H,26,28). The topological polar surface area (TPSA) is 49.4 Å². The lowest BCUT2D eigenvalue weighted by molar-refractivity contribution is -0.136. The highest BCUT2D eigenvalue weighted by atomic mass is 16.2. The van der Waals surface area contributed by atoms with Gasteiger partial charge in [0.1, 0.15) is 0 Å². The first kappa shape index (κ1) is 19.7. The van der Waals surface area contributed by atoms with Crippen LogP contribution in [0.1, 0.15) is 36.8 Å². The first-order chi connectivity index (χ1) is 14.1. The van der Waals surface area contributed by atoms with E-state index in [1.807, 2.05) is 17.0 Å². The third kappa shape index (κ3) is 4.52. The summed E-state index contributed by atoms with van der Waals surface area (Å²) in [6.45, 7) is 3.77. The molecule has 1 unspecified atom stereocenters. The van der Waals surface area contributed by atoms with Crippen molar-refractivity contribution in [2.45, 2.75) is 39.0 Å². The third-order valence-electron chi connectivity index (χ3n) is 6.35. The zero-order chi connectivity index (χ0) is 20.2. The highest BCUT2D eigenvalue weighted by Crippen LogP contribution is 2.29. The van der Waals surface area contributed by atoms with E-state index in [9.17, 15) is 9.59 Å². The second-order valence-corrected chi connectivity index (χ2v) is 8.48. The molecule has 1 saturated heterocycles. The predicted octanol–water partition coefficient (Wildman–Crippen LogP) is 3.97. The minimum atomic E-state index is -0.213. The largest absolute Gasteiger partial charge is 0.354 e. The van der Waals surface area contributed by atoms with Crippen LogP contribution in [0, 0.1) is 18.8 Å². The maximum atomic E-state index is 13.0. The van der Waals surface area contributed by atoms with Crippen molar-refractivity contribution in [2.75, 3.05) is 19.6 Å². The molecule has 4 nitrogen and oxygen atoms in total. The molecule has 4 rings (SSSR count). The summed E-state index contributed by atoms with van der Waals surface area (Å²) in [7, 11) is 0. The van der Waals surface area contributed by atoms with E-state index in [1.165, 1.54) is 16.7 Å². The van der Waals surface area contributed by atoms with Crippen LogP contribution in [0.25, 0.3) is 11.1 Å². The average molecular weight is 391 g/mol. The van der Waals surface area contributed by atoms with E-state index in [0.717, 1.165) is 31.2 Å². The second kappa shape index (κ2) is 8.81. The summed E-state index contributed by atoms with van der Waals surface area (Å²) in [5, 5.41) is 3.02. The predicted molar refractivity (Wildman–Crippen MR) is 115 cm³/mol. The minimum Gasteiger partial charge on any atom is -0.354 e. The summed E-state index contributed by atoms with van der Waals surface area (Å²) in [6, 6.07) is 16.8. The molecule has 1 heterocycles. The van der Waals surface area contributed by atoms with E-state index in [-0.39, 0.29) is 23.7 Å². The maximum Gasteiger partial charge on any atom is 0.225 e. The summed E-state index contributed by atoms with van der Waals surface area (Å²) in [5.74, 6) is 0.249. The van der Waals surface area contributed by atoms with Crippen LogP contribution in [0.3, 0.4) is 0 Å².